The Kier molecular flexibility index (Phi) is 5.62. The van der Waals surface area contributed by atoms with Gasteiger partial charge in [-0.25, -0.2) is 0 Å². The number of carbonyl (C=O) groups is 1. The van der Waals surface area contributed by atoms with Crippen molar-refractivity contribution in [2.75, 3.05) is 6.61 Å². The number of ether oxygens (including phenoxy) is 1. The molecule has 0 saturated heterocycles. The van der Waals surface area contributed by atoms with E-state index in [0.29, 0.717) is 13.0 Å². The van der Waals surface area contributed by atoms with Gasteiger partial charge in [-0.05, 0) is 24.5 Å². The Morgan fingerprint density at radius 3 is 2.87 bits per heavy atom. The molecule has 1 saturated carbocycles. The molecule has 0 heterocycles. The predicted octanol–water partition coefficient (Wildman–Crippen LogP) is 2.69. The zero-order valence-corrected chi connectivity index (χ0v) is 9.08. The standard InChI is InChI=1S/C13H18O2/c1-2-3-6-11-15-13(14)10-9-12-7-4-5-8-12/h1,3,6,12H,4-5,7-11H2/b6-3+. The van der Waals surface area contributed by atoms with Crippen LogP contribution < -0.4 is 0 Å². The normalized spacial score (nSPS) is 16.7. The Balaban J connectivity index is 2.03. The monoisotopic (exact) mass is 206 g/mol. The van der Waals surface area contributed by atoms with Crippen LogP contribution in [0.1, 0.15) is 38.5 Å². The van der Waals surface area contributed by atoms with E-state index in [1.54, 1.807) is 12.2 Å². The molecule has 0 aliphatic heterocycles. The Bertz CT molecular complexity index is 254. The molecule has 0 radical (unpaired) electrons. The number of hydrogen-bond acceptors (Lipinski definition) is 2. The quantitative estimate of drug-likeness (QED) is 0.510. The van der Waals surface area contributed by atoms with Crippen molar-refractivity contribution in [3.8, 4) is 12.3 Å². The van der Waals surface area contributed by atoms with Crippen LogP contribution in [0.3, 0.4) is 0 Å². The second kappa shape index (κ2) is 7.11. The molecule has 0 aromatic heterocycles. The first-order valence-corrected chi connectivity index (χ1v) is 5.59. The zero-order chi connectivity index (χ0) is 10.9. The van der Waals surface area contributed by atoms with E-state index in [-0.39, 0.29) is 5.97 Å². The van der Waals surface area contributed by atoms with Crippen LogP contribution in [0.15, 0.2) is 12.2 Å². The van der Waals surface area contributed by atoms with Crippen LogP contribution in [0.5, 0.6) is 0 Å². The van der Waals surface area contributed by atoms with Gasteiger partial charge < -0.3 is 4.74 Å². The topological polar surface area (TPSA) is 26.3 Å². The van der Waals surface area contributed by atoms with Crippen LogP contribution in [0, 0.1) is 18.3 Å². The lowest BCUT2D eigenvalue weighted by Gasteiger charge is -2.07. The van der Waals surface area contributed by atoms with Gasteiger partial charge in [-0.1, -0.05) is 31.6 Å². The maximum Gasteiger partial charge on any atom is 0.306 e. The van der Waals surface area contributed by atoms with E-state index in [2.05, 4.69) is 5.92 Å². The third-order valence-electron chi connectivity index (χ3n) is 2.79. The van der Waals surface area contributed by atoms with E-state index < -0.39 is 0 Å². The van der Waals surface area contributed by atoms with Gasteiger partial charge >= 0.3 is 5.97 Å². The number of carbonyl (C=O) groups excluding carboxylic acids is 1. The summed E-state index contributed by atoms with van der Waals surface area (Å²) < 4.78 is 4.98. The van der Waals surface area contributed by atoms with E-state index in [0.717, 1.165) is 12.3 Å². The zero-order valence-electron chi connectivity index (χ0n) is 9.08. The molecule has 0 aromatic rings. The average molecular weight is 206 g/mol. The summed E-state index contributed by atoms with van der Waals surface area (Å²) in [6.45, 7) is 0.299. The molecule has 0 N–H and O–H groups in total. The van der Waals surface area contributed by atoms with Gasteiger partial charge in [0.05, 0.1) is 0 Å². The average Bonchev–Trinajstić information content (AvgIpc) is 2.74. The largest absolute Gasteiger partial charge is 0.461 e. The van der Waals surface area contributed by atoms with Crippen molar-refractivity contribution in [3.63, 3.8) is 0 Å². The number of allylic oxidation sites excluding steroid dienone is 1. The lowest BCUT2D eigenvalue weighted by molar-refractivity contribution is -0.142. The predicted molar refractivity (Wildman–Crippen MR) is 60.1 cm³/mol. The van der Waals surface area contributed by atoms with Gasteiger partial charge in [0.15, 0.2) is 0 Å². The first-order valence-electron chi connectivity index (χ1n) is 5.59. The fourth-order valence-electron chi connectivity index (χ4n) is 1.95. The smallest absolute Gasteiger partial charge is 0.306 e. The Labute approximate surface area is 91.7 Å². The fraction of sp³-hybridized carbons (Fsp3) is 0.615. The molecular weight excluding hydrogens is 188 g/mol. The van der Waals surface area contributed by atoms with Crippen LogP contribution in [-0.4, -0.2) is 12.6 Å². The van der Waals surface area contributed by atoms with Crippen molar-refractivity contribution in [1.29, 1.82) is 0 Å². The summed E-state index contributed by atoms with van der Waals surface area (Å²) in [6.07, 6.45) is 15.0. The van der Waals surface area contributed by atoms with Gasteiger partial charge in [0.2, 0.25) is 0 Å². The van der Waals surface area contributed by atoms with Crippen molar-refractivity contribution >= 4 is 5.97 Å². The van der Waals surface area contributed by atoms with Gasteiger partial charge in [0.25, 0.3) is 0 Å². The summed E-state index contributed by atoms with van der Waals surface area (Å²) in [4.78, 5) is 11.3. The molecular formula is C13H18O2. The Hall–Kier alpha value is -1.23. The summed E-state index contributed by atoms with van der Waals surface area (Å²) in [7, 11) is 0. The van der Waals surface area contributed by atoms with Gasteiger partial charge in [0, 0.05) is 6.42 Å². The maximum atomic E-state index is 11.3. The van der Waals surface area contributed by atoms with Crippen LogP contribution in [0.25, 0.3) is 0 Å². The molecule has 0 unspecified atom stereocenters. The summed E-state index contributed by atoms with van der Waals surface area (Å²) in [5, 5.41) is 0. The van der Waals surface area contributed by atoms with Crippen LogP contribution in [-0.2, 0) is 9.53 Å². The van der Waals surface area contributed by atoms with Crippen LogP contribution >= 0.6 is 0 Å². The third-order valence-corrected chi connectivity index (χ3v) is 2.79. The molecule has 0 amide bonds. The second-order valence-corrected chi connectivity index (χ2v) is 3.94. The molecule has 1 aliphatic rings. The Morgan fingerprint density at radius 2 is 2.20 bits per heavy atom. The number of rotatable bonds is 5. The molecule has 2 heteroatoms. The number of esters is 1. The highest BCUT2D eigenvalue weighted by atomic mass is 16.5. The van der Waals surface area contributed by atoms with Gasteiger partial charge in [-0.3, -0.25) is 4.79 Å². The lowest BCUT2D eigenvalue weighted by atomic mass is 10.0. The van der Waals surface area contributed by atoms with Crippen molar-refractivity contribution in [1.82, 2.24) is 0 Å². The summed E-state index contributed by atoms with van der Waals surface area (Å²) in [5.74, 6) is 2.99. The SMILES string of the molecule is C#C/C=C/COC(=O)CCC1CCCC1. The first kappa shape index (κ1) is 11.8. The van der Waals surface area contributed by atoms with Gasteiger partial charge in [-0.15, -0.1) is 6.42 Å². The Morgan fingerprint density at radius 1 is 1.47 bits per heavy atom. The van der Waals surface area contributed by atoms with Crippen molar-refractivity contribution in [2.24, 2.45) is 5.92 Å². The summed E-state index contributed by atoms with van der Waals surface area (Å²) in [6, 6.07) is 0. The summed E-state index contributed by atoms with van der Waals surface area (Å²) >= 11 is 0. The molecule has 0 bridgehead atoms. The van der Waals surface area contributed by atoms with Gasteiger partial charge in [-0.2, -0.15) is 0 Å². The van der Waals surface area contributed by atoms with E-state index in [4.69, 9.17) is 11.2 Å². The molecule has 0 atom stereocenters. The molecule has 82 valence electrons. The first-order chi connectivity index (χ1) is 7.33. The van der Waals surface area contributed by atoms with E-state index in [1.807, 2.05) is 0 Å². The van der Waals surface area contributed by atoms with Crippen molar-refractivity contribution in [2.45, 2.75) is 38.5 Å². The molecule has 0 aromatic carbocycles. The third kappa shape index (κ3) is 5.27. The maximum absolute atomic E-state index is 11.3. The van der Waals surface area contributed by atoms with Crippen LogP contribution in [0.2, 0.25) is 0 Å². The molecule has 0 spiro atoms. The molecule has 1 fully saturated rings. The second-order valence-electron chi connectivity index (χ2n) is 3.94. The van der Waals surface area contributed by atoms with Crippen molar-refractivity contribution < 1.29 is 9.53 Å². The number of terminal acetylenes is 1. The van der Waals surface area contributed by atoms with E-state index in [1.165, 1.54) is 25.7 Å². The minimum absolute atomic E-state index is 0.108. The fourth-order valence-corrected chi connectivity index (χ4v) is 1.95. The van der Waals surface area contributed by atoms with Gasteiger partial charge in [0.1, 0.15) is 6.61 Å². The highest BCUT2D eigenvalue weighted by Gasteiger charge is 2.16. The van der Waals surface area contributed by atoms with E-state index in [9.17, 15) is 4.79 Å². The molecule has 1 aliphatic carbocycles. The molecule has 1 rings (SSSR count). The molecule has 2 nitrogen and oxygen atoms in total. The number of hydrogen-bond donors (Lipinski definition) is 0. The highest BCUT2D eigenvalue weighted by Crippen LogP contribution is 2.28. The minimum atomic E-state index is -0.108. The van der Waals surface area contributed by atoms with Crippen molar-refractivity contribution in [3.05, 3.63) is 12.2 Å². The van der Waals surface area contributed by atoms with Crippen LogP contribution in [0.4, 0.5) is 0 Å². The van der Waals surface area contributed by atoms with E-state index >= 15 is 0 Å². The summed E-state index contributed by atoms with van der Waals surface area (Å²) in [5.41, 5.74) is 0. The lowest BCUT2D eigenvalue weighted by Crippen LogP contribution is -2.06. The minimum Gasteiger partial charge on any atom is -0.461 e. The highest BCUT2D eigenvalue weighted by molar-refractivity contribution is 5.69. The molecule has 15 heavy (non-hydrogen) atoms.